The van der Waals surface area contributed by atoms with Crippen molar-refractivity contribution in [2.24, 2.45) is 4.99 Å². The second-order valence-electron chi connectivity index (χ2n) is 4.03. The molecular formula is C14H20IN3OS. The molecule has 0 amide bonds. The molecule has 0 saturated carbocycles. The summed E-state index contributed by atoms with van der Waals surface area (Å²) in [6.07, 6.45) is 2.56. The highest BCUT2D eigenvalue weighted by Crippen LogP contribution is 2.09. The van der Waals surface area contributed by atoms with Gasteiger partial charge in [0.05, 0.1) is 12.8 Å². The zero-order valence-electron chi connectivity index (χ0n) is 11.5. The van der Waals surface area contributed by atoms with Crippen LogP contribution in [0.1, 0.15) is 17.6 Å². The van der Waals surface area contributed by atoms with E-state index in [1.54, 1.807) is 17.6 Å². The molecule has 4 nitrogen and oxygen atoms in total. The summed E-state index contributed by atoms with van der Waals surface area (Å²) in [6, 6.07) is 8.04. The molecule has 6 heteroatoms. The normalized spacial score (nSPS) is 10.9. The van der Waals surface area contributed by atoms with Gasteiger partial charge in [-0.15, -0.1) is 35.3 Å². The van der Waals surface area contributed by atoms with Crippen LogP contribution in [-0.4, -0.2) is 19.0 Å². The number of thiophene rings is 1. The minimum atomic E-state index is 0. The summed E-state index contributed by atoms with van der Waals surface area (Å²) in [5, 5.41) is 8.61. The number of guanidine groups is 1. The molecular weight excluding hydrogens is 385 g/mol. The van der Waals surface area contributed by atoms with Gasteiger partial charge in [-0.1, -0.05) is 6.07 Å². The van der Waals surface area contributed by atoms with Gasteiger partial charge in [0.1, 0.15) is 5.76 Å². The van der Waals surface area contributed by atoms with Crippen molar-refractivity contribution in [1.29, 1.82) is 0 Å². The fourth-order valence-corrected chi connectivity index (χ4v) is 2.29. The average Bonchev–Trinajstić information content (AvgIpc) is 3.09. The molecule has 20 heavy (non-hydrogen) atoms. The molecule has 0 aromatic carbocycles. The summed E-state index contributed by atoms with van der Waals surface area (Å²) in [6.45, 7) is 4.45. The van der Waals surface area contributed by atoms with E-state index in [9.17, 15) is 0 Å². The summed E-state index contributed by atoms with van der Waals surface area (Å²) in [5.74, 6) is 1.84. The number of hydrogen-bond donors (Lipinski definition) is 2. The van der Waals surface area contributed by atoms with Gasteiger partial charge in [0.25, 0.3) is 0 Å². The zero-order valence-corrected chi connectivity index (χ0v) is 14.6. The lowest BCUT2D eigenvalue weighted by Gasteiger charge is -2.10. The van der Waals surface area contributed by atoms with Crippen LogP contribution in [0, 0.1) is 0 Å². The first-order valence-corrected chi connectivity index (χ1v) is 7.33. The minimum absolute atomic E-state index is 0. The summed E-state index contributed by atoms with van der Waals surface area (Å²) < 4.78 is 5.30. The Balaban J connectivity index is 0.00000200. The van der Waals surface area contributed by atoms with Crippen LogP contribution < -0.4 is 10.6 Å². The van der Waals surface area contributed by atoms with E-state index in [-0.39, 0.29) is 24.0 Å². The van der Waals surface area contributed by atoms with Crippen molar-refractivity contribution in [3.63, 3.8) is 0 Å². The molecule has 2 heterocycles. The number of hydrogen-bond acceptors (Lipinski definition) is 3. The van der Waals surface area contributed by atoms with Crippen LogP contribution in [0.5, 0.6) is 0 Å². The van der Waals surface area contributed by atoms with Crippen molar-refractivity contribution < 1.29 is 4.42 Å². The van der Waals surface area contributed by atoms with Crippen LogP contribution >= 0.6 is 35.3 Å². The molecule has 0 aliphatic carbocycles. The number of rotatable bonds is 6. The second kappa shape index (κ2) is 9.82. The van der Waals surface area contributed by atoms with E-state index in [0.717, 1.165) is 31.2 Å². The van der Waals surface area contributed by atoms with Crippen molar-refractivity contribution in [3.8, 4) is 0 Å². The number of nitrogens with one attached hydrogen (secondary N) is 2. The fourth-order valence-electron chi connectivity index (χ4n) is 1.66. The molecule has 0 saturated heterocycles. The van der Waals surface area contributed by atoms with E-state index < -0.39 is 0 Å². The Kier molecular flexibility index (Phi) is 8.36. The number of halogens is 1. The quantitative estimate of drug-likeness (QED) is 0.441. The monoisotopic (exact) mass is 405 g/mol. The van der Waals surface area contributed by atoms with Gasteiger partial charge in [-0.3, -0.25) is 0 Å². The molecule has 0 unspecified atom stereocenters. The lowest BCUT2D eigenvalue weighted by Crippen LogP contribution is -2.38. The largest absolute Gasteiger partial charge is 0.469 e. The van der Waals surface area contributed by atoms with E-state index in [0.29, 0.717) is 6.54 Å². The zero-order chi connectivity index (χ0) is 13.3. The smallest absolute Gasteiger partial charge is 0.191 e. The first kappa shape index (κ1) is 17.0. The van der Waals surface area contributed by atoms with Gasteiger partial charge in [0.15, 0.2) is 5.96 Å². The van der Waals surface area contributed by atoms with Crippen LogP contribution in [0.15, 0.2) is 45.3 Å². The standard InChI is InChI=1S/C14H19N3OS.HI/c1-2-15-14(17-11-13-6-4-10-19-13)16-8-7-12-5-3-9-18-12;/h3-6,9-10H,2,7-8,11H2,1H3,(H2,15,16,17);1H. The van der Waals surface area contributed by atoms with Gasteiger partial charge in [0.2, 0.25) is 0 Å². The van der Waals surface area contributed by atoms with Gasteiger partial charge in [-0.2, -0.15) is 0 Å². The van der Waals surface area contributed by atoms with Crippen LogP contribution in [0.4, 0.5) is 0 Å². The third-order valence-electron chi connectivity index (χ3n) is 2.56. The summed E-state index contributed by atoms with van der Waals surface area (Å²) >= 11 is 1.73. The Morgan fingerprint density at radius 1 is 1.30 bits per heavy atom. The highest BCUT2D eigenvalue weighted by atomic mass is 127. The Bertz CT molecular complexity index is 483. The Labute approximate surface area is 140 Å². The summed E-state index contributed by atoms with van der Waals surface area (Å²) in [5.41, 5.74) is 0. The molecule has 0 aliphatic heterocycles. The van der Waals surface area contributed by atoms with E-state index in [1.807, 2.05) is 18.2 Å². The highest BCUT2D eigenvalue weighted by molar-refractivity contribution is 14.0. The van der Waals surface area contributed by atoms with Gasteiger partial charge in [-0.25, -0.2) is 4.99 Å². The molecule has 2 aromatic heterocycles. The van der Waals surface area contributed by atoms with Crippen molar-refractivity contribution >= 4 is 41.3 Å². The second-order valence-corrected chi connectivity index (χ2v) is 5.06. The summed E-state index contributed by atoms with van der Waals surface area (Å²) in [4.78, 5) is 5.82. The average molecular weight is 405 g/mol. The number of nitrogens with zero attached hydrogens (tertiary/aromatic N) is 1. The van der Waals surface area contributed by atoms with Crippen molar-refractivity contribution in [2.75, 3.05) is 13.1 Å². The maximum absolute atomic E-state index is 5.30. The molecule has 0 bridgehead atoms. The molecule has 2 N–H and O–H groups in total. The Hall–Kier alpha value is -1.02. The van der Waals surface area contributed by atoms with Crippen molar-refractivity contribution in [3.05, 3.63) is 46.5 Å². The SMILES string of the molecule is CCNC(=NCc1cccs1)NCCc1ccco1.I. The van der Waals surface area contributed by atoms with Crippen molar-refractivity contribution in [2.45, 2.75) is 19.9 Å². The maximum atomic E-state index is 5.30. The molecule has 0 radical (unpaired) electrons. The summed E-state index contributed by atoms with van der Waals surface area (Å²) in [7, 11) is 0. The van der Waals surface area contributed by atoms with Gasteiger partial charge in [0, 0.05) is 24.4 Å². The number of aliphatic imine (C=N–C) groups is 1. The molecule has 0 spiro atoms. The topological polar surface area (TPSA) is 49.6 Å². The van der Waals surface area contributed by atoms with E-state index in [2.05, 4.69) is 34.0 Å². The highest BCUT2D eigenvalue weighted by Gasteiger charge is 1.99. The fraction of sp³-hybridized carbons (Fsp3) is 0.357. The third kappa shape index (κ3) is 5.96. The van der Waals surface area contributed by atoms with Crippen LogP contribution in [0.25, 0.3) is 0 Å². The molecule has 2 rings (SSSR count). The predicted molar refractivity (Wildman–Crippen MR) is 95.0 cm³/mol. The van der Waals surface area contributed by atoms with Crippen LogP contribution in [-0.2, 0) is 13.0 Å². The van der Waals surface area contributed by atoms with E-state index in [1.165, 1.54) is 4.88 Å². The van der Waals surface area contributed by atoms with Crippen LogP contribution in [0.2, 0.25) is 0 Å². The lowest BCUT2D eigenvalue weighted by molar-refractivity contribution is 0.507. The van der Waals surface area contributed by atoms with E-state index >= 15 is 0 Å². The molecule has 110 valence electrons. The minimum Gasteiger partial charge on any atom is -0.469 e. The molecule has 0 fully saturated rings. The first-order valence-electron chi connectivity index (χ1n) is 6.45. The third-order valence-corrected chi connectivity index (χ3v) is 3.42. The van der Waals surface area contributed by atoms with Gasteiger partial charge >= 0.3 is 0 Å². The Morgan fingerprint density at radius 2 is 2.20 bits per heavy atom. The molecule has 2 aromatic rings. The maximum Gasteiger partial charge on any atom is 0.191 e. The number of furan rings is 1. The molecule has 0 aliphatic rings. The van der Waals surface area contributed by atoms with Gasteiger partial charge < -0.3 is 15.1 Å². The van der Waals surface area contributed by atoms with Crippen LogP contribution in [0.3, 0.4) is 0 Å². The van der Waals surface area contributed by atoms with Crippen molar-refractivity contribution in [1.82, 2.24) is 10.6 Å². The predicted octanol–water partition coefficient (Wildman–Crippen LogP) is 3.26. The lowest BCUT2D eigenvalue weighted by atomic mass is 10.3. The van der Waals surface area contributed by atoms with E-state index in [4.69, 9.17) is 4.42 Å². The Morgan fingerprint density at radius 3 is 2.85 bits per heavy atom. The molecule has 0 atom stereocenters. The van der Waals surface area contributed by atoms with Gasteiger partial charge in [-0.05, 0) is 30.5 Å². The first-order chi connectivity index (χ1) is 9.38.